The van der Waals surface area contributed by atoms with Gasteiger partial charge in [0, 0.05) is 19.0 Å². The van der Waals surface area contributed by atoms with Crippen LogP contribution < -0.4 is 24.5 Å². The lowest BCUT2D eigenvalue weighted by Crippen LogP contribution is -2.39. The van der Waals surface area contributed by atoms with E-state index in [0.29, 0.717) is 17.2 Å². The second-order valence-corrected chi connectivity index (χ2v) is 7.25. The Morgan fingerprint density at radius 1 is 1.23 bits per heavy atom. The number of hydrogen-bond acceptors (Lipinski definition) is 8. The number of hydrazone groups is 1. The third-order valence-electron chi connectivity index (χ3n) is 4.95. The molecule has 2 atom stereocenters. The summed E-state index contributed by atoms with van der Waals surface area (Å²) in [6.07, 6.45) is -0.718. The first kappa shape index (κ1) is 20.7. The molecule has 0 saturated heterocycles. The first-order valence-corrected chi connectivity index (χ1v) is 9.92. The number of hydrogen-bond donors (Lipinski definition) is 2. The van der Waals surface area contributed by atoms with Crippen LogP contribution in [0.5, 0.6) is 17.2 Å². The highest BCUT2D eigenvalue weighted by Crippen LogP contribution is 2.35. The van der Waals surface area contributed by atoms with Crippen molar-refractivity contribution in [2.24, 2.45) is 5.10 Å². The number of nitrogens with zero attached hydrogens (tertiary/aromatic N) is 2. The molecule has 162 valence electrons. The van der Waals surface area contributed by atoms with Crippen molar-refractivity contribution in [3.63, 3.8) is 0 Å². The van der Waals surface area contributed by atoms with Crippen molar-refractivity contribution < 1.29 is 28.9 Å². The SMILES string of the molecule is CC(=O)C1CC(C(=O)NCC(O)COc2ccc3c(c2)OCO3)=NN1c1ccccc1. The Labute approximate surface area is 179 Å². The van der Waals surface area contributed by atoms with Gasteiger partial charge in [0.25, 0.3) is 5.91 Å². The molecule has 2 aliphatic heterocycles. The number of anilines is 1. The number of benzene rings is 2. The number of ether oxygens (including phenoxy) is 3. The molecular weight excluding hydrogens is 402 g/mol. The molecule has 2 heterocycles. The summed E-state index contributed by atoms with van der Waals surface area (Å²) in [6.45, 7) is 1.62. The van der Waals surface area contributed by atoms with Crippen LogP contribution in [0.4, 0.5) is 5.69 Å². The summed E-state index contributed by atoms with van der Waals surface area (Å²) < 4.78 is 16.1. The van der Waals surface area contributed by atoms with E-state index in [-0.39, 0.29) is 37.9 Å². The van der Waals surface area contributed by atoms with E-state index >= 15 is 0 Å². The molecule has 0 spiro atoms. The smallest absolute Gasteiger partial charge is 0.267 e. The first-order chi connectivity index (χ1) is 15.0. The Kier molecular flexibility index (Phi) is 6.03. The van der Waals surface area contributed by atoms with E-state index < -0.39 is 18.1 Å². The number of fused-ring (bicyclic) bond motifs is 1. The largest absolute Gasteiger partial charge is 0.491 e. The van der Waals surface area contributed by atoms with Crippen molar-refractivity contribution in [1.82, 2.24) is 5.32 Å². The minimum Gasteiger partial charge on any atom is -0.491 e. The summed E-state index contributed by atoms with van der Waals surface area (Å²) in [5, 5.41) is 18.7. The average Bonchev–Trinajstić information content (AvgIpc) is 3.43. The van der Waals surface area contributed by atoms with Gasteiger partial charge in [-0.05, 0) is 31.2 Å². The number of amides is 1. The van der Waals surface area contributed by atoms with E-state index in [2.05, 4.69) is 10.4 Å². The minimum absolute atomic E-state index is 0.0153. The zero-order valence-electron chi connectivity index (χ0n) is 17.0. The molecule has 2 aromatic rings. The van der Waals surface area contributed by atoms with Crippen molar-refractivity contribution in [2.45, 2.75) is 25.5 Å². The third-order valence-corrected chi connectivity index (χ3v) is 4.95. The molecular formula is C22H23N3O6. The lowest BCUT2D eigenvalue weighted by atomic mass is 10.1. The van der Waals surface area contributed by atoms with E-state index in [4.69, 9.17) is 14.2 Å². The van der Waals surface area contributed by atoms with Crippen molar-refractivity contribution >= 4 is 23.1 Å². The average molecular weight is 425 g/mol. The molecule has 0 aromatic heterocycles. The van der Waals surface area contributed by atoms with Gasteiger partial charge < -0.3 is 24.6 Å². The molecule has 0 saturated carbocycles. The summed E-state index contributed by atoms with van der Waals surface area (Å²) in [6, 6.07) is 13.8. The second kappa shape index (κ2) is 9.05. The number of Topliss-reactive ketones (excluding diaryl/α,β-unsaturated/α-hetero) is 1. The van der Waals surface area contributed by atoms with E-state index in [1.165, 1.54) is 6.92 Å². The fourth-order valence-corrected chi connectivity index (χ4v) is 3.31. The Morgan fingerprint density at radius 3 is 2.77 bits per heavy atom. The highest BCUT2D eigenvalue weighted by molar-refractivity contribution is 6.40. The zero-order valence-corrected chi connectivity index (χ0v) is 17.0. The Balaban J connectivity index is 1.30. The summed E-state index contributed by atoms with van der Waals surface area (Å²) in [5.41, 5.74) is 0.982. The third kappa shape index (κ3) is 4.77. The highest BCUT2D eigenvalue weighted by atomic mass is 16.7. The lowest BCUT2D eigenvalue weighted by Gasteiger charge is -2.20. The maximum Gasteiger partial charge on any atom is 0.267 e. The van der Waals surface area contributed by atoms with E-state index in [0.717, 1.165) is 5.69 Å². The molecule has 0 fully saturated rings. The predicted molar refractivity (Wildman–Crippen MR) is 113 cm³/mol. The lowest BCUT2D eigenvalue weighted by molar-refractivity contribution is -0.118. The summed E-state index contributed by atoms with van der Waals surface area (Å²) in [5.74, 6) is 1.26. The van der Waals surface area contributed by atoms with Crippen molar-refractivity contribution in [3.8, 4) is 17.2 Å². The molecule has 0 aliphatic carbocycles. The maximum atomic E-state index is 12.5. The van der Waals surface area contributed by atoms with Crippen molar-refractivity contribution in [2.75, 3.05) is 25.0 Å². The van der Waals surface area contributed by atoms with Gasteiger partial charge in [-0.25, -0.2) is 0 Å². The standard InChI is InChI=1S/C22H23N3O6/c1-14(26)19-10-18(24-25(19)15-5-3-2-4-6-15)22(28)23-11-16(27)12-29-17-7-8-20-21(9-17)31-13-30-20/h2-9,16,19,27H,10-13H2,1H3,(H,23,28). The van der Waals surface area contributed by atoms with Crippen LogP contribution in [0.15, 0.2) is 53.6 Å². The first-order valence-electron chi connectivity index (χ1n) is 9.92. The molecule has 4 rings (SSSR count). The van der Waals surface area contributed by atoms with Gasteiger partial charge >= 0.3 is 0 Å². The number of aliphatic hydroxyl groups excluding tert-OH is 1. The molecule has 2 aromatic carbocycles. The number of carbonyl (C=O) groups excluding carboxylic acids is 2. The van der Waals surface area contributed by atoms with Gasteiger partial charge in [0.1, 0.15) is 30.2 Å². The summed E-state index contributed by atoms with van der Waals surface area (Å²) in [4.78, 5) is 24.6. The number of ketones is 1. The fourth-order valence-electron chi connectivity index (χ4n) is 3.31. The van der Waals surface area contributed by atoms with Gasteiger partial charge in [-0.15, -0.1) is 0 Å². The number of carbonyl (C=O) groups is 2. The molecule has 9 nitrogen and oxygen atoms in total. The Hall–Kier alpha value is -3.59. The maximum absolute atomic E-state index is 12.5. The van der Waals surface area contributed by atoms with Gasteiger partial charge in [0.2, 0.25) is 6.79 Å². The van der Waals surface area contributed by atoms with E-state index in [9.17, 15) is 14.7 Å². The van der Waals surface area contributed by atoms with Gasteiger partial charge in [-0.1, -0.05) is 18.2 Å². The number of nitrogens with one attached hydrogen (secondary N) is 1. The van der Waals surface area contributed by atoms with Crippen LogP contribution in [-0.4, -0.2) is 54.6 Å². The van der Waals surface area contributed by atoms with Crippen LogP contribution in [0.3, 0.4) is 0 Å². The molecule has 2 N–H and O–H groups in total. The Morgan fingerprint density at radius 2 is 2.00 bits per heavy atom. The second-order valence-electron chi connectivity index (χ2n) is 7.25. The molecule has 0 bridgehead atoms. The number of rotatable bonds is 8. The van der Waals surface area contributed by atoms with Crippen LogP contribution in [0, 0.1) is 0 Å². The monoisotopic (exact) mass is 425 g/mol. The fraction of sp³-hybridized carbons (Fsp3) is 0.318. The van der Waals surface area contributed by atoms with Gasteiger partial charge in [0.05, 0.1) is 5.69 Å². The van der Waals surface area contributed by atoms with E-state index in [1.807, 2.05) is 30.3 Å². The predicted octanol–water partition coefficient (Wildman–Crippen LogP) is 1.50. The zero-order chi connectivity index (χ0) is 21.8. The van der Waals surface area contributed by atoms with Crippen LogP contribution in [0.25, 0.3) is 0 Å². The number of para-hydroxylation sites is 1. The molecule has 1 amide bonds. The molecule has 0 radical (unpaired) electrons. The molecule has 9 heteroatoms. The highest BCUT2D eigenvalue weighted by Gasteiger charge is 2.34. The van der Waals surface area contributed by atoms with Crippen molar-refractivity contribution in [1.29, 1.82) is 0 Å². The van der Waals surface area contributed by atoms with E-state index in [1.54, 1.807) is 23.2 Å². The van der Waals surface area contributed by atoms with Crippen LogP contribution in [0.2, 0.25) is 0 Å². The Bertz CT molecular complexity index is 994. The van der Waals surface area contributed by atoms with Crippen LogP contribution >= 0.6 is 0 Å². The topological polar surface area (TPSA) is 110 Å². The van der Waals surface area contributed by atoms with Gasteiger partial charge in [-0.3, -0.25) is 14.6 Å². The minimum atomic E-state index is -0.926. The van der Waals surface area contributed by atoms with Crippen LogP contribution in [0.1, 0.15) is 13.3 Å². The summed E-state index contributed by atoms with van der Waals surface area (Å²) >= 11 is 0. The number of aliphatic hydroxyl groups is 1. The summed E-state index contributed by atoms with van der Waals surface area (Å²) in [7, 11) is 0. The molecule has 2 unspecified atom stereocenters. The normalized spacial score (nSPS) is 17.8. The van der Waals surface area contributed by atoms with Crippen LogP contribution in [-0.2, 0) is 9.59 Å². The van der Waals surface area contributed by atoms with Crippen molar-refractivity contribution in [3.05, 3.63) is 48.5 Å². The molecule has 2 aliphatic rings. The van der Waals surface area contributed by atoms with Gasteiger partial charge in [0.15, 0.2) is 17.3 Å². The van der Waals surface area contributed by atoms with Gasteiger partial charge in [-0.2, -0.15) is 5.10 Å². The quantitative estimate of drug-likeness (QED) is 0.660. The molecule has 31 heavy (non-hydrogen) atoms.